The van der Waals surface area contributed by atoms with Gasteiger partial charge in [0.1, 0.15) is 11.3 Å². The number of rotatable bonds is 9. The minimum Gasteiger partial charge on any atom is -0.450 e. The molecule has 1 amide bonds. The van der Waals surface area contributed by atoms with Crippen molar-refractivity contribution in [3.63, 3.8) is 0 Å². The number of anilines is 2. The molecule has 2 aromatic carbocycles. The number of nitrogen functional groups attached to an aromatic ring is 1. The molecule has 1 saturated heterocycles. The molecule has 7 rings (SSSR count). The van der Waals surface area contributed by atoms with Crippen molar-refractivity contribution < 1.29 is 17.9 Å². The Morgan fingerprint density at radius 1 is 0.979 bits per heavy atom. The summed E-state index contributed by atoms with van der Waals surface area (Å²) in [5.41, 5.74) is 12.5. The van der Waals surface area contributed by atoms with Crippen molar-refractivity contribution in [1.82, 2.24) is 24.8 Å². The van der Waals surface area contributed by atoms with Crippen LogP contribution >= 0.6 is 0 Å². The molecule has 1 aliphatic carbocycles. The van der Waals surface area contributed by atoms with Crippen LogP contribution in [0.3, 0.4) is 0 Å². The Labute approximate surface area is 280 Å². The van der Waals surface area contributed by atoms with E-state index in [9.17, 15) is 13.2 Å². The molecule has 0 spiro atoms. The monoisotopic (exact) mass is 665 g/mol. The normalized spacial score (nSPS) is 16.7. The molecule has 5 aromatic rings. The number of alkyl carbamates (subject to hydrolysis) is 1. The van der Waals surface area contributed by atoms with Crippen LogP contribution in [-0.2, 0) is 20.1 Å². The number of sulfone groups is 1. The highest BCUT2D eigenvalue weighted by Crippen LogP contribution is 2.42. The van der Waals surface area contributed by atoms with Gasteiger partial charge in [-0.05, 0) is 79.8 Å². The lowest BCUT2D eigenvalue weighted by Crippen LogP contribution is -2.51. The zero-order valence-electron chi connectivity index (χ0n) is 26.9. The van der Waals surface area contributed by atoms with E-state index in [1.165, 1.54) is 0 Å². The van der Waals surface area contributed by atoms with E-state index >= 15 is 0 Å². The summed E-state index contributed by atoms with van der Waals surface area (Å²) in [6, 6.07) is 23.8. The van der Waals surface area contributed by atoms with E-state index in [0.717, 1.165) is 60.3 Å². The molecule has 4 heterocycles. The molecule has 0 radical (unpaired) electrons. The minimum absolute atomic E-state index is 0.153. The second-order valence-corrected chi connectivity index (χ2v) is 14.8. The molecule has 48 heavy (non-hydrogen) atoms. The summed E-state index contributed by atoms with van der Waals surface area (Å²) >= 11 is 0. The first-order valence-corrected chi connectivity index (χ1v) is 18.3. The number of hydrogen-bond donors (Lipinski definition) is 2. The van der Waals surface area contributed by atoms with Gasteiger partial charge in [-0.15, -0.1) is 0 Å². The summed E-state index contributed by atoms with van der Waals surface area (Å²) in [7, 11) is -2.99. The third-order valence-electron chi connectivity index (χ3n) is 9.39. The van der Waals surface area contributed by atoms with Crippen molar-refractivity contribution in [1.29, 1.82) is 0 Å². The molecule has 2 fully saturated rings. The van der Waals surface area contributed by atoms with Gasteiger partial charge < -0.3 is 20.7 Å². The number of pyridine rings is 2. The molecule has 1 saturated carbocycles. The van der Waals surface area contributed by atoms with Gasteiger partial charge in [-0.3, -0.25) is 4.57 Å². The van der Waals surface area contributed by atoms with E-state index in [1.54, 1.807) is 6.20 Å². The number of carbonyl (C=O) groups excluding carboxylic acids is 1. The first-order valence-electron chi connectivity index (χ1n) is 16.5. The van der Waals surface area contributed by atoms with Crippen LogP contribution in [0.25, 0.3) is 39.5 Å². The number of imidazole rings is 1. The lowest BCUT2D eigenvalue weighted by molar-refractivity contribution is 0.110. The van der Waals surface area contributed by atoms with Crippen LogP contribution in [0.5, 0.6) is 0 Å². The summed E-state index contributed by atoms with van der Waals surface area (Å²) in [6.07, 6.45) is 5.79. The van der Waals surface area contributed by atoms with Gasteiger partial charge in [-0.2, -0.15) is 0 Å². The third-order valence-corrected chi connectivity index (χ3v) is 11.0. The number of benzene rings is 2. The highest BCUT2D eigenvalue weighted by Gasteiger charge is 2.40. The average molecular weight is 666 g/mol. The summed E-state index contributed by atoms with van der Waals surface area (Å²) < 4.78 is 31.4. The van der Waals surface area contributed by atoms with Crippen molar-refractivity contribution in [2.24, 2.45) is 0 Å². The SMILES string of the molecule is CCCCOC(=O)NC1(c2ccc(-n3c(-c4cccnc4N)nc4ccc(-c5cccc(N6CCS(=O)(=O)CC6)c5)nc43)cc2)CCC1. The van der Waals surface area contributed by atoms with Crippen LogP contribution in [0.15, 0.2) is 79.0 Å². The van der Waals surface area contributed by atoms with Gasteiger partial charge in [0.15, 0.2) is 21.3 Å². The number of nitrogens with two attached hydrogens (primary N) is 1. The zero-order chi connectivity index (χ0) is 33.3. The molecular formula is C36H39N7O4S. The number of unbranched alkanes of at least 4 members (excludes halogenated alkanes) is 1. The largest absolute Gasteiger partial charge is 0.450 e. The van der Waals surface area contributed by atoms with Crippen LogP contribution in [0.4, 0.5) is 16.3 Å². The molecule has 0 atom stereocenters. The highest BCUT2D eigenvalue weighted by atomic mass is 32.2. The number of nitrogens with one attached hydrogen (secondary N) is 1. The Morgan fingerprint density at radius 3 is 2.48 bits per heavy atom. The predicted molar refractivity (Wildman–Crippen MR) is 188 cm³/mol. The molecule has 1 aliphatic heterocycles. The van der Waals surface area contributed by atoms with Gasteiger partial charge in [-0.1, -0.05) is 37.6 Å². The van der Waals surface area contributed by atoms with Crippen molar-refractivity contribution in [3.05, 3.63) is 84.6 Å². The molecule has 0 unspecified atom stereocenters. The molecule has 3 N–H and O–H groups in total. The number of ether oxygens (including phenoxy) is 1. The number of amides is 1. The lowest BCUT2D eigenvalue weighted by atomic mass is 9.72. The summed E-state index contributed by atoms with van der Waals surface area (Å²) in [6.45, 7) is 3.41. The van der Waals surface area contributed by atoms with Crippen LogP contribution in [0.2, 0.25) is 0 Å². The fourth-order valence-corrected chi connectivity index (χ4v) is 7.67. The van der Waals surface area contributed by atoms with Gasteiger partial charge in [0.05, 0.1) is 34.9 Å². The van der Waals surface area contributed by atoms with Crippen molar-refractivity contribution in [3.8, 4) is 28.3 Å². The second kappa shape index (κ2) is 12.9. The number of carbonyl (C=O) groups is 1. The third kappa shape index (κ3) is 6.19. The second-order valence-electron chi connectivity index (χ2n) is 12.5. The maximum absolute atomic E-state index is 12.6. The summed E-state index contributed by atoms with van der Waals surface area (Å²) in [5.74, 6) is 1.29. The van der Waals surface area contributed by atoms with Crippen LogP contribution < -0.4 is 16.0 Å². The maximum Gasteiger partial charge on any atom is 0.407 e. The average Bonchev–Trinajstić information content (AvgIpc) is 3.45. The zero-order valence-corrected chi connectivity index (χ0v) is 27.7. The van der Waals surface area contributed by atoms with Crippen molar-refractivity contribution in [2.75, 3.05) is 41.8 Å². The fraction of sp³-hybridized carbons (Fsp3) is 0.333. The molecule has 11 nitrogen and oxygen atoms in total. The van der Waals surface area contributed by atoms with Crippen molar-refractivity contribution in [2.45, 2.75) is 44.6 Å². The quantitative estimate of drug-likeness (QED) is 0.185. The Balaban J connectivity index is 1.26. The summed E-state index contributed by atoms with van der Waals surface area (Å²) in [4.78, 5) is 29.1. The molecule has 0 bridgehead atoms. The van der Waals surface area contributed by atoms with E-state index in [1.807, 2.05) is 59.2 Å². The smallest absolute Gasteiger partial charge is 0.407 e. The fourth-order valence-electron chi connectivity index (χ4n) is 6.47. The molecule has 248 valence electrons. The topological polar surface area (TPSA) is 145 Å². The standard InChI is InChI=1S/C36H39N7O4S/c1-2-3-21-47-35(44)41-36(16-6-17-36)26-10-12-27(13-11-26)43-33(29-9-5-18-38-32(29)37)40-31-15-14-30(39-34(31)43)25-7-4-8-28(24-25)42-19-22-48(45,46)23-20-42/h4-5,7-15,18,24H,2-3,6,16-17,19-23H2,1H3,(H2,37,38)(H,41,44). The molecular weight excluding hydrogens is 627 g/mol. The van der Waals surface area contributed by atoms with Crippen LogP contribution in [0, 0.1) is 0 Å². The van der Waals surface area contributed by atoms with Gasteiger partial charge in [0.2, 0.25) is 0 Å². The Bertz CT molecular complexity index is 2060. The van der Waals surface area contributed by atoms with E-state index in [2.05, 4.69) is 40.3 Å². The van der Waals surface area contributed by atoms with Crippen LogP contribution in [-0.4, -0.2) is 65.2 Å². The lowest BCUT2D eigenvalue weighted by Gasteiger charge is -2.42. The number of aromatic nitrogens is 4. The Kier molecular flexibility index (Phi) is 8.50. The van der Waals surface area contributed by atoms with Gasteiger partial charge >= 0.3 is 6.09 Å². The van der Waals surface area contributed by atoms with Gasteiger partial charge in [-0.25, -0.2) is 28.2 Å². The molecule has 2 aliphatic rings. The minimum atomic E-state index is -2.99. The maximum atomic E-state index is 12.6. The Morgan fingerprint density at radius 2 is 1.77 bits per heavy atom. The number of nitrogens with zero attached hydrogens (tertiary/aromatic N) is 5. The number of hydrogen-bond acceptors (Lipinski definition) is 9. The summed E-state index contributed by atoms with van der Waals surface area (Å²) in [5, 5.41) is 3.14. The Hall–Kier alpha value is -4.97. The number of fused-ring (bicyclic) bond motifs is 1. The highest BCUT2D eigenvalue weighted by molar-refractivity contribution is 7.91. The van der Waals surface area contributed by atoms with Crippen LogP contribution in [0.1, 0.15) is 44.6 Å². The first kappa shape index (κ1) is 31.6. The molecule has 12 heteroatoms. The first-order chi connectivity index (χ1) is 23.2. The van der Waals surface area contributed by atoms with Gasteiger partial charge in [0.25, 0.3) is 0 Å². The van der Waals surface area contributed by atoms with E-state index < -0.39 is 15.4 Å². The van der Waals surface area contributed by atoms with E-state index in [4.69, 9.17) is 20.4 Å². The van der Waals surface area contributed by atoms with E-state index in [-0.39, 0.29) is 17.6 Å². The van der Waals surface area contributed by atoms with Crippen molar-refractivity contribution >= 4 is 38.6 Å². The van der Waals surface area contributed by atoms with E-state index in [0.29, 0.717) is 48.1 Å². The predicted octanol–water partition coefficient (Wildman–Crippen LogP) is 5.87. The van der Waals surface area contributed by atoms with Gasteiger partial charge in [0, 0.05) is 36.2 Å². The molecule has 3 aromatic heterocycles.